The lowest BCUT2D eigenvalue weighted by molar-refractivity contribution is 0.414. The fourth-order valence-electron chi connectivity index (χ4n) is 2.01. The maximum Gasteiger partial charge on any atom is 0.120 e. The van der Waals surface area contributed by atoms with Crippen molar-refractivity contribution in [3.63, 3.8) is 0 Å². The van der Waals surface area contributed by atoms with Crippen LogP contribution < -0.4 is 10.1 Å². The Balaban J connectivity index is 2.00. The number of aromatic hydroxyl groups is 2. The highest BCUT2D eigenvalue weighted by Gasteiger charge is 2.10. The molecule has 1 atom stereocenters. The average Bonchev–Trinajstić information content (AvgIpc) is 2.47. The second-order valence-corrected chi connectivity index (χ2v) is 4.69. The highest BCUT2D eigenvalue weighted by Crippen LogP contribution is 2.27. The van der Waals surface area contributed by atoms with Gasteiger partial charge in [0.15, 0.2) is 0 Å². The maximum absolute atomic E-state index is 9.80. The molecule has 0 amide bonds. The lowest BCUT2D eigenvalue weighted by atomic mass is 10.1. The first-order valence-electron chi connectivity index (χ1n) is 6.48. The quantitative estimate of drug-likeness (QED) is 0.733. The SMILES string of the molecule is COc1ccc(CNC(C)c2cc(O)ccc2O)cc1. The first kappa shape index (κ1) is 14.2. The molecule has 0 aliphatic heterocycles. The van der Waals surface area contributed by atoms with E-state index in [1.807, 2.05) is 31.2 Å². The van der Waals surface area contributed by atoms with E-state index in [9.17, 15) is 10.2 Å². The molecule has 0 aliphatic rings. The van der Waals surface area contributed by atoms with Gasteiger partial charge in [0.05, 0.1) is 7.11 Å². The Morgan fingerprint density at radius 3 is 2.45 bits per heavy atom. The van der Waals surface area contributed by atoms with E-state index < -0.39 is 0 Å². The Bertz CT molecular complexity index is 566. The summed E-state index contributed by atoms with van der Waals surface area (Å²) in [5.74, 6) is 1.15. The van der Waals surface area contributed by atoms with Gasteiger partial charge in [-0.15, -0.1) is 0 Å². The molecule has 1 unspecified atom stereocenters. The molecule has 3 N–H and O–H groups in total. The van der Waals surface area contributed by atoms with Crippen LogP contribution in [0, 0.1) is 0 Å². The molecule has 2 rings (SSSR count). The summed E-state index contributed by atoms with van der Waals surface area (Å²) in [5, 5.41) is 22.6. The number of rotatable bonds is 5. The zero-order valence-electron chi connectivity index (χ0n) is 11.6. The zero-order chi connectivity index (χ0) is 14.5. The van der Waals surface area contributed by atoms with Crippen molar-refractivity contribution in [2.45, 2.75) is 19.5 Å². The Morgan fingerprint density at radius 2 is 1.80 bits per heavy atom. The van der Waals surface area contributed by atoms with Crippen LogP contribution in [0.5, 0.6) is 17.2 Å². The standard InChI is InChI=1S/C16H19NO3/c1-11(15-9-13(18)5-8-16(15)19)17-10-12-3-6-14(20-2)7-4-12/h3-9,11,17-19H,10H2,1-2H3. The van der Waals surface area contributed by atoms with Gasteiger partial charge < -0.3 is 20.3 Å². The van der Waals surface area contributed by atoms with E-state index >= 15 is 0 Å². The molecule has 0 saturated carbocycles. The summed E-state index contributed by atoms with van der Waals surface area (Å²) in [6.45, 7) is 2.61. The van der Waals surface area contributed by atoms with Crippen LogP contribution in [0.3, 0.4) is 0 Å². The van der Waals surface area contributed by atoms with E-state index in [1.54, 1.807) is 13.2 Å². The van der Waals surface area contributed by atoms with Gasteiger partial charge in [0.2, 0.25) is 0 Å². The van der Waals surface area contributed by atoms with Gasteiger partial charge in [-0.3, -0.25) is 0 Å². The minimum atomic E-state index is -0.0656. The number of nitrogens with one attached hydrogen (secondary N) is 1. The van der Waals surface area contributed by atoms with Crippen LogP contribution in [0.2, 0.25) is 0 Å². The summed E-state index contributed by atoms with van der Waals surface area (Å²) in [5.41, 5.74) is 1.80. The summed E-state index contributed by atoms with van der Waals surface area (Å²) < 4.78 is 5.11. The van der Waals surface area contributed by atoms with Crippen LogP contribution >= 0.6 is 0 Å². The Morgan fingerprint density at radius 1 is 1.10 bits per heavy atom. The smallest absolute Gasteiger partial charge is 0.120 e. The van der Waals surface area contributed by atoms with Crippen LogP contribution in [0.4, 0.5) is 0 Å². The number of phenolic OH excluding ortho intramolecular Hbond substituents is 2. The largest absolute Gasteiger partial charge is 0.508 e. The number of hydrogen-bond acceptors (Lipinski definition) is 4. The highest BCUT2D eigenvalue weighted by atomic mass is 16.5. The van der Waals surface area contributed by atoms with Gasteiger partial charge in [-0.05, 0) is 42.8 Å². The van der Waals surface area contributed by atoms with E-state index in [0.29, 0.717) is 12.1 Å². The lowest BCUT2D eigenvalue weighted by Crippen LogP contribution is -2.18. The minimum Gasteiger partial charge on any atom is -0.508 e. The van der Waals surface area contributed by atoms with Crippen LogP contribution in [-0.4, -0.2) is 17.3 Å². The van der Waals surface area contributed by atoms with E-state index in [0.717, 1.165) is 11.3 Å². The van der Waals surface area contributed by atoms with Gasteiger partial charge in [0.1, 0.15) is 17.2 Å². The van der Waals surface area contributed by atoms with Gasteiger partial charge in [-0.2, -0.15) is 0 Å². The second-order valence-electron chi connectivity index (χ2n) is 4.69. The van der Waals surface area contributed by atoms with Crippen molar-refractivity contribution in [1.82, 2.24) is 5.32 Å². The van der Waals surface area contributed by atoms with E-state index in [4.69, 9.17) is 4.74 Å². The molecule has 0 fully saturated rings. The number of phenols is 2. The van der Waals surface area contributed by atoms with E-state index in [1.165, 1.54) is 12.1 Å². The third kappa shape index (κ3) is 3.42. The van der Waals surface area contributed by atoms with Crippen molar-refractivity contribution >= 4 is 0 Å². The van der Waals surface area contributed by atoms with Gasteiger partial charge >= 0.3 is 0 Å². The third-order valence-corrected chi connectivity index (χ3v) is 3.25. The van der Waals surface area contributed by atoms with E-state index in [-0.39, 0.29) is 17.5 Å². The Labute approximate surface area is 118 Å². The van der Waals surface area contributed by atoms with Crippen LogP contribution in [0.25, 0.3) is 0 Å². The van der Waals surface area contributed by atoms with Crippen LogP contribution in [0.15, 0.2) is 42.5 Å². The molecule has 0 aromatic heterocycles. The number of ether oxygens (including phenoxy) is 1. The van der Waals surface area contributed by atoms with E-state index in [2.05, 4.69) is 5.32 Å². The van der Waals surface area contributed by atoms with Crippen molar-refractivity contribution in [2.75, 3.05) is 7.11 Å². The lowest BCUT2D eigenvalue weighted by Gasteiger charge is -2.16. The average molecular weight is 273 g/mol. The molecular weight excluding hydrogens is 254 g/mol. The normalized spacial score (nSPS) is 12.1. The molecule has 2 aromatic rings. The summed E-state index contributed by atoms with van der Waals surface area (Å²) in [4.78, 5) is 0. The summed E-state index contributed by atoms with van der Waals surface area (Å²) in [7, 11) is 1.64. The van der Waals surface area contributed by atoms with Crippen molar-refractivity contribution in [1.29, 1.82) is 0 Å². The van der Waals surface area contributed by atoms with Crippen LogP contribution in [0.1, 0.15) is 24.1 Å². The number of benzene rings is 2. The molecular formula is C16H19NO3. The highest BCUT2D eigenvalue weighted by molar-refractivity contribution is 5.40. The molecule has 0 bridgehead atoms. The minimum absolute atomic E-state index is 0.0656. The monoisotopic (exact) mass is 273 g/mol. The molecule has 0 heterocycles. The van der Waals surface area contributed by atoms with Crippen molar-refractivity contribution < 1.29 is 14.9 Å². The summed E-state index contributed by atoms with van der Waals surface area (Å²) >= 11 is 0. The summed E-state index contributed by atoms with van der Waals surface area (Å²) in [6, 6.07) is 12.3. The maximum atomic E-state index is 9.80. The number of hydrogen-bond donors (Lipinski definition) is 3. The predicted octanol–water partition coefficient (Wildman–Crippen LogP) is 2.96. The van der Waals surface area contributed by atoms with Gasteiger partial charge in [-0.25, -0.2) is 0 Å². The van der Waals surface area contributed by atoms with Crippen LogP contribution in [-0.2, 0) is 6.54 Å². The first-order chi connectivity index (χ1) is 9.60. The topological polar surface area (TPSA) is 61.7 Å². The molecule has 0 radical (unpaired) electrons. The van der Waals surface area contributed by atoms with Gasteiger partial charge in [0.25, 0.3) is 0 Å². The molecule has 0 saturated heterocycles. The second kappa shape index (κ2) is 6.30. The van der Waals surface area contributed by atoms with Crippen molar-refractivity contribution in [2.24, 2.45) is 0 Å². The molecule has 0 spiro atoms. The fraction of sp³-hybridized carbons (Fsp3) is 0.250. The summed E-state index contributed by atoms with van der Waals surface area (Å²) in [6.07, 6.45) is 0. The molecule has 106 valence electrons. The molecule has 2 aromatic carbocycles. The molecule has 4 nitrogen and oxygen atoms in total. The molecule has 0 aliphatic carbocycles. The van der Waals surface area contributed by atoms with Crippen molar-refractivity contribution in [3.8, 4) is 17.2 Å². The predicted molar refractivity (Wildman–Crippen MR) is 78.0 cm³/mol. The fourth-order valence-corrected chi connectivity index (χ4v) is 2.01. The third-order valence-electron chi connectivity index (χ3n) is 3.25. The van der Waals surface area contributed by atoms with Gasteiger partial charge in [-0.1, -0.05) is 12.1 Å². The Hall–Kier alpha value is -2.20. The van der Waals surface area contributed by atoms with Crippen molar-refractivity contribution in [3.05, 3.63) is 53.6 Å². The van der Waals surface area contributed by atoms with Gasteiger partial charge in [0, 0.05) is 18.2 Å². The molecule has 4 heteroatoms. The number of methoxy groups -OCH3 is 1. The zero-order valence-corrected chi connectivity index (χ0v) is 11.6. The Kier molecular flexibility index (Phi) is 4.48. The first-order valence-corrected chi connectivity index (χ1v) is 6.48. The molecule has 20 heavy (non-hydrogen) atoms.